The van der Waals surface area contributed by atoms with Crippen LogP contribution < -0.4 is 5.32 Å². The Hall–Kier alpha value is -2.04. The van der Waals surface area contributed by atoms with Gasteiger partial charge in [0.25, 0.3) is 0 Å². The second-order valence-corrected chi connectivity index (χ2v) is 5.14. The van der Waals surface area contributed by atoms with Crippen molar-refractivity contribution in [3.05, 3.63) is 30.3 Å². The van der Waals surface area contributed by atoms with Crippen molar-refractivity contribution in [1.29, 1.82) is 0 Å². The molecule has 1 fully saturated rings. The summed E-state index contributed by atoms with van der Waals surface area (Å²) in [5, 5.41) is 12.1. The van der Waals surface area contributed by atoms with Crippen LogP contribution in [0.25, 0.3) is 0 Å². The zero-order valence-corrected chi connectivity index (χ0v) is 11.6. The van der Waals surface area contributed by atoms with Crippen LogP contribution in [0, 0.1) is 5.92 Å². The Morgan fingerprint density at radius 2 is 2.05 bits per heavy atom. The van der Waals surface area contributed by atoms with E-state index in [1.165, 1.54) is 4.90 Å². The number of benzene rings is 1. The largest absolute Gasteiger partial charge is 0.480 e. The van der Waals surface area contributed by atoms with Crippen molar-refractivity contribution in [2.24, 2.45) is 5.92 Å². The van der Waals surface area contributed by atoms with Crippen LogP contribution in [0.2, 0.25) is 0 Å². The number of aliphatic carboxylic acids is 1. The van der Waals surface area contributed by atoms with Crippen molar-refractivity contribution < 1.29 is 14.7 Å². The van der Waals surface area contributed by atoms with E-state index in [1.54, 1.807) is 12.1 Å². The van der Waals surface area contributed by atoms with Gasteiger partial charge < -0.3 is 15.3 Å². The van der Waals surface area contributed by atoms with Crippen LogP contribution in [-0.2, 0) is 4.79 Å². The fraction of sp³-hybridized carbons (Fsp3) is 0.467. The number of nitrogens with one attached hydrogen (secondary N) is 1. The molecule has 0 bridgehead atoms. The summed E-state index contributed by atoms with van der Waals surface area (Å²) in [6.45, 7) is 2.55. The van der Waals surface area contributed by atoms with Crippen LogP contribution >= 0.6 is 0 Å². The number of carboxylic acid groups (broad SMARTS) is 1. The molecule has 20 heavy (non-hydrogen) atoms. The molecule has 1 aromatic rings. The van der Waals surface area contributed by atoms with Gasteiger partial charge in [-0.3, -0.25) is 0 Å². The molecule has 2 unspecified atom stereocenters. The van der Waals surface area contributed by atoms with E-state index < -0.39 is 12.0 Å². The molecule has 0 aliphatic carbocycles. The molecule has 0 saturated carbocycles. The number of hydrogen-bond donors (Lipinski definition) is 2. The van der Waals surface area contributed by atoms with Crippen molar-refractivity contribution in [1.82, 2.24) is 4.90 Å². The summed E-state index contributed by atoms with van der Waals surface area (Å²) < 4.78 is 0. The van der Waals surface area contributed by atoms with Gasteiger partial charge in [0.1, 0.15) is 6.04 Å². The number of nitrogens with zero attached hydrogens (tertiary/aromatic N) is 1. The van der Waals surface area contributed by atoms with E-state index in [-0.39, 0.29) is 6.03 Å². The highest BCUT2D eigenvalue weighted by Gasteiger charge is 2.35. The van der Waals surface area contributed by atoms with Crippen LogP contribution in [0.3, 0.4) is 0 Å². The Kier molecular flexibility index (Phi) is 4.61. The second kappa shape index (κ2) is 6.41. The number of urea groups is 1. The highest BCUT2D eigenvalue weighted by Crippen LogP contribution is 2.26. The van der Waals surface area contributed by atoms with Gasteiger partial charge >= 0.3 is 12.0 Å². The Labute approximate surface area is 118 Å². The summed E-state index contributed by atoms with van der Waals surface area (Å²) in [7, 11) is 0. The highest BCUT2D eigenvalue weighted by molar-refractivity contribution is 5.92. The van der Waals surface area contributed by atoms with Crippen LogP contribution in [0.4, 0.5) is 10.5 Å². The minimum Gasteiger partial charge on any atom is -0.480 e. The van der Waals surface area contributed by atoms with Gasteiger partial charge in [-0.1, -0.05) is 31.5 Å². The number of anilines is 1. The lowest BCUT2D eigenvalue weighted by Gasteiger charge is -2.36. The third kappa shape index (κ3) is 3.29. The minimum absolute atomic E-state index is 0.335. The predicted molar refractivity (Wildman–Crippen MR) is 76.6 cm³/mol. The van der Waals surface area contributed by atoms with Crippen LogP contribution in [0.1, 0.15) is 26.2 Å². The van der Waals surface area contributed by atoms with Crippen molar-refractivity contribution in [3.63, 3.8) is 0 Å². The summed E-state index contributed by atoms with van der Waals surface area (Å²) >= 11 is 0. The van der Waals surface area contributed by atoms with E-state index in [9.17, 15) is 14.7 Å². The van der Waals surface area contributed by atoms with Crippen molar-refractivity contribution in [2.45, 2.75) is 32.2 Å². The first-order valence-corrected chi connectivity index (χ1v) is 6.97. The summed E-state index contributed by atoms with van der Waals surface area (Å²) in [6, 6.07) is 8.03. The lowest BCUT2D eigenvalue weighted by Crippen LogP contribution is -2.51. The number of amides is 2. The van der Waals surface area contributed by atoms with E-state index in [2.05, 4.69) is 12.2 Å². The summed E-state index contributed by atoms with van der Waals surface area (Å²) in [5.74, 6) is -0.539. The molecule has 0 aromatic heterocycles. The molecule has 2 atom stereocenters. The van der Waals surface area contributed by atoms with Gasteiger partial charge in [0, 0.05) is 12.2 Å². The van der Waals surface area contributed by atoms with E-state index >= 15 is 0 Å². The number of rotatable bonds is 3. The molecule has 5 heteroatoms. The maximum atomic E-state index is 12.2. The van der Waals surface area contributed by atoms with Crippen molar-refractivity contribution in [3.8, 4) is 0 Å². The molecular formula is C15H20N2O3. The van der Waals surface area contributed by atoms with Crippen LogP contribution in [0.5, 0.6) is 0 Å². The summed E-state index contributed by atoms with van der Waals surface area (Å²) in [4.78, 5) is 25.0. The number of para-hydroxylation sites is 1. The fourth-order valence-electron chi connectivity index (χ4n) is 2.60. The molecular weight excluding hydrogens is 256 g/mol. The number of carbonyl (C=O) groups excluding carboxylic acids is 1. The zero-order chi connectivity index (χ0) is 14.5. The number of likely N-dealkylation sites (tertiary alicyclic amines) is 1. The summed E-state index contributed by atoms with van der Waals surface area (Å²) in [5.41, 5.74) is 0.680. The quantitative estimate of drug-likeness (QED) is 0.891. The SMILES string of the molecule is CCC1CCN(C(=O)Nc2ccccc2)C(C(=O)O)C1. The molecule has 1 saturated heterocycles. The Balaban J connectivity index is 2.06. The predicted octanol–water partition coefficient (Wildman–Crippen LogP) is 2.79. The molecule has 2 amide bonds. The van der Waals surface area contributed by atoms with E-state index in [1.807, 2.05) is 18.2 Å². The third-order valence-corrected chi connectivity index (χ3v) is 3.86. The second-order valence-electron chi connectivity index (χ2n) is 5.14. The number of carbonyl (C=O) groups is 2. The molecule has 0 radical (unpaired) electrons. The number of carboxylic acids is 1. The van der Waals surface area contributed by atoms with Gasteiger partial charge in [-0.05, 0) is 30.9 Å². The summed E-state index contributed by atoms with van der Waals surface area (Å²) in [6.07, 6.45) is 2.36. The van der Waals surface area contributed by atoms with Gasteiger partial charge in [-0.15, -0.1) is 0 Å². The molecule has 2 N–H and O–H groups in total. The van der Waals surface area contributed by atoms with Crippen LogP contribution in [0.15, 0.2) is 30.3 Å². The van der Waals surface area contributed by atoms with Gasteiger partial charge in [-0.25, -0.2) is 9.59 Å². The smallest absolute Gasteiger partial charge is 0.326 e. The topological polar surface area (TPSA) is 69.6 Å². The molecule has 1 aliphatic rings. The van der Waals surface area contributed by atoms with Gasteiger partial charge in [0.05, 0.1) is 0 Å². The maximum Gasteiger partial charge on any atom is 0.326 e. The molecule has 2 rings (SSSR count). The Morgan fingerprint density at radius 3 is 2.65 bits per heavy atom. The average molecular weight is 276 g/mol. The van der Waals surface area contributed by atoms with E-state index in [0.717, 1.165) is 12.8 Å². The maximum absolute atomic E-state index is 12.2. The van der Waals surface area contributed by atoms with E-state index in [4.69, 9.17) is 0 Å². The van der Waals surface area contributed by atoms with Gasteiger partial charge in [0.15, 0.2) is 0 Å². The van der Waals surface area contributed by atoms with Crippen LogP contribution in [-0.4, -0.2) is 34.6 Å². The van der Waals surface area contributed by atoms with Gasteiger partial charge in [-0.2, -0.15) is 0 Å². The first kappa shape index (κ1) is 14.4. The third-order valence-electron chi connectivity index (χ3n) is 3.86. The molecule has 1 aliphatic heterocycles. The standard InChI is InChI=1S/C15H20N2O3/c1-2-11-8-9-17(13(10-11)14(18)19)15(20)16-12-6-4-3-5-7-12/h3-7,11,13H,2,8-10H2,1H3,(H,16,20)(H,18,19). The Bertz CT molecular complexity index is 475. The van der Waals surface area contributed by atoms with Gasteiger partial charge in [0.2, 0.25) is 0 Å². The number of hydrogen-bond acceptors (Lipinski definition) is 2. The molecule has 5 nitrogen and oxygen atoms in total. The first-order chi connectivity index (χ1) is 9.61. The zero-order valence-electron chi connectivity index (χ0n) is 11.6. The number of piperidine rings is 1. The Morgan fingerprint density at radius 1 is 1.35 bits per heavy atom. The van der Waals surface area contributed by atoms with Crippen molar-refractivity contribution >= 4 is 17.7 Å². The fourth-order valence-corrected chi connectivity index (χ4v) is 2.60. The average Bonchev–Trinajstić information content (AvgIpc) is 2.47. The first-order valence-electron chi connectivity index (χ1n) is 6.97. The lowest BCUT2D eigenvalue weighted by atomic mass is 9.89. The molecule has 1 aromatic carbocycles. The van der Waals surface area contributed by atoms with E-state index in [0.29, 0.717) is 24.6 Å². The van der Waals surface area contributed by atoms with Crippen molar-refractivity contribution in [2.75, 3.05) is 11.9 Å². The normalized spacial score (nSPS) is 22.4. The monoisotopic (exact) mass is 276 g/mol. The highest BCUT2D eigenvalue weighted by atomic mass is 16.4. The minimum atomic E-state index is -0.925. The molecule has 1 heterocycles. The molecule has 108 valence electrons. The lowest BCUT2D eigenvalue weighted by molar-refractivity contribution is -0.143. The molecule has 0 spiro atoms.